The van der Waals surface area contributed by atoms with Crippen LogP contribution in [0.25, 0.3) is 0 Å². The molecule has 3 aliphatic rings. The first-order valence-electron chi connectivity index (χ1n) is 4.48. The average Bonchev–Trinajstić information content (AvgIpc) is 2.04. The molecule has 62 valence electrons. The quantitative estimate of drug-likeness (QED) is 0.570. The predicted octanol–water partition coefficient (Wildman–Crippen LogP) is 2.12. The Bertz CT molecular complexity index is 213. The molecule has 1 nitrogen and oxygen atoms in total. The molecule has 11 heavy (non-hydrogen) atoms. The van der Waals surface area contributed by atoms with E-state index in [9.17, 15) is 0 Å². The number of fused-ring (bicyclic) bond motifs is 2. The maximum Gasteiger partial charge on any atom is 0.0644 e. The van der Waals surface area contributed by atoms with Crippen LogP contribution < -0.4 is 0 Å². The van der Waals surface area contributed by atoms with Crippen molar-refractivity contribution in [1.29, 1.82) is 0 Å². The molecule has 0 amide bonds. The van der Waals surface area contributed by atoms with Gasteiger partial charge in [0.15, 0.2) is 0 Å². The third kappa shape index (κ3) is 0.807. The van der Waals surface area contributed by atoms with Gasteiger partial charge in [0.05, 0.1) is 6.61 Å². The summed E-state index contributed by atoms with van der Waals surface area (Å²) in [5, 5.41) is 9.06. The monoisotopic (exact) mass is 152 g/mol. The van der Waals surface area contributed by atoms with Crippen LogP contribution in [0.15, 0.2) is 11.1 Å². The lowest BCUT2D eigenvalue weighted by Crippen LogP contribution is -2.42. The van der Waals surface area contributed by atoms with E-state index >= 15 is 0 Å². The van der Waals surface area contributed by atoms with Crippen LogP contribution in [0.3, 0.4) is 0 Å². The van der Waals surface area contributed by atoms with Crippen molar-refractivity contribution in [1.82, 2.24) is 0 Å². The molecule has 0 radical (unpaired) electrons. The van der Waals surface area contributed by atoms with Crippen molar-refractivity contribution in [3.63, 3.8) is 0 Å². The summed E-state index contributed by atoms with van der Waals surface area (Å²) >= 11 is 0. The molecular formula is C10H16O. The summed E-state index contributed by atoms with van der Waals surface area (Å²) < 4.78 is 0. The highest BCUT2D eigenvalue weighted by atomic mass is 16.3. The summed E-state index contributed by atoms with van der Waals surface area (Å²) in [4.78, 5) is 0. The zero-order valence-electron chi connectivity index (χ0n) is 7.35. The summed E-state index contributed by atoms with van der Waals surface area (Å²) in [5.41, 5.74) is 3.31. The number of hydrogen-bond acceptors (Lipinski definition) is 1. The van der Waals surface area contributed by atoms with Crippen molar-refractivity contribution in [3.05, 3.63) is 11.1 Å². The van der Waals surface area contributed by atoms with Crippen LogP contribution in [0, 0.1) is 11.3 Å². The van der Waals surface area contributed by atoms with E-state index < -0.39 is 0 Å². The Morgan fingerprint density at radius 3 is 2.64 bits per heavy atom. The summed E-state index contributed by atoms with van der Waals surface area (Å²) in [6, 6.07) is 0. The van der Waals surface area contributed by atoms with Gasteiger partial charge >= 0.3 is 0 Å². The van der Waals surface area contributed by atoms with Crippen LogP contribution in [0.4, 0.5) is 0 Å². The van der Waals surface area contributed by atoms with Crippen molar-refractivity contribution < 1.29 is 5.11 Å². The third-order valence-electron chi connectivity index (χ3n) is 3.66. The van der Waals surface area contributed by atoms with Crippen LogP contribution in [0.5, 0.6) is 0 Å². The highest BCUT2D eigenvalue weighted by Crippen LogP contribution is 2.58. The van der Waals surface area contributed by atoms with Crippen molar-refractivity contribution in [2.24, 2.45) is 11.3 Å². The van der Waals surface area contributed by atoms with E-state index in [4.69, 9.17) is 5.11 Å². The van der Waals surface area contributed by atoms with Crippen LogP contribution in [0.2, 0.25) is 0 Å². The third-order valence-corrected chi connectivity index (χ3v) is 3.66. The Kier molecular flexibility index (Phi) is 1.40. The molecule has 0 aromatic carbocycles. The van der Waals surface area contributed by atoms with E-state index in [1.54, 1.807) is 5.57 Å². The molecule has 0 aliphatic heterocycles. The lowest BCUT2D eigenvalue weighted by molar-refractivity contribution is 0.125. The Morgan fingerprint density at radius 2 is 2.27 bits per heavy atom. The molecule has 0 aromatic rings. The second kappa shape index (κ2) is 2.10. The minimum atomic E-state index is 0.297. The molecule has 1 saturated carbocycles. The fourth-order valence-electron chi connectivity index (χ4n) is 2.62. The predicted molar refractivity (Wildman–Crippen MR) is 45.2 cm³/mol. The minimum absolute atomic E-state index is 0.297. The van der Waals surface area contributed by atoms with Crippen molar-refractivity contribution >= 4 is 0 Å². The van der Waals surface area contributed by atoms with Gasteiger partial charge in [0.25, 0.3) is 0 Å². The number of rotatable bonds is 1. The maximum atomic E-state index is 9.06. The largest absolute Gasteiger partial charge is 0.392 e. The first-order chi connectivity index (χ1) is 5.16. The van der Waals surface area contributed by atoms with E-state index in [1.165, 1.54) is 18.4 Å². The second-order valence-electron chi connectivity index (χ2n) is 4.40. The van der Waals surface area contributed by atoms with E-state index in [1.807, 2.05) is 0 Å². The van der Waals surface area contributed by atoms with Gasteiger partial charge in [-0.05, 0) is 36.2 Å². The van der Waals surface area contributed by atoms with Crippen LogP contribution in [0.1, 0.15) is 33.1 Å². The van der Waals surface area contributed by atoms with Gasteiger partial charge < -0.3 is 5.11 Å². The topological polar surface area (TPSA) is 20.2 Å². The average molecular weight is 152 g/mol. The van der Waals surface area contributed by atoms with Crippen molar-refractivity contribution in [3.8, 4) is 0 Å². The fourth-order valence-corrected chi connectivity index (χ4v) is 2.62. The van der Waals surface area contributed by atoms with Crippen molar-refractivity contribution in [2.45, 2.75) is 33.1 Å². The summed E-state index contributed by atoms with van der Waals surface area (Å²) in [6.07, 6.45) is 3.72. The van der Waals surface area contributed by atoms with Gasteiger partial charge in [-0.25, -0.2) is 0 Å². The number of allylic oxidation sites excluding steroid dienone is 1. The van der Waals surface area contributed by atoms with E-state index in [2.05, 4.69) is 13.8 Å². The van der Waals surface area contributed by atoms with E-state index in [-0.39, 0.29) is 0 Å². The molecule has 0 heterocycles. The highest BCUT2D eigenvalue weighted by molar-refractivity contribution is 5.34. The minimum Gasteiger partial charge on any atom is -0.392 e. The molecule has 1 atom stereocenters. The second-order valence-corrected chi connectivity index (χ2v) is 4.40. The smallest absolute Gasteiger partial charge is 0.0644 e. The molecular weight excluding hydrogens is 136 g/mol. The molecule has 0 saturated heterocycles. The molecule has 3 aliphatic carbocycles. The van der Waals surface area contributed by atoms with Crippen LogP contribution in [-0.4, -0.2) is 11.7 Å². The molecule has 1 heteroatoms. The summed E-state index contributed by atoms with van der Waals surface area (Å²) in [6.45, 7) is 4.92. The molecule has 1 fully saturated rings. The van der Waals surface area contributed by atoms with Gasteiger partial charge in [-0.15, -0.1) is 0 Å². The number of aliphatic hydroxyl groups is 1. The van der Waals surface area contributed by atoms with E-state index in [0.717, 1.165) is 12.3 Å². The van der Waals surface area contributed by atoms with Gasteiger partial charge in [0, 0.05) is 0 Å². The van der Waals surface area contributed by atoms with Gasteiger partial charge in [-0.1, -0.05) is 19.4 Å². The van der Waals surface area contributed by atoms with Gasteiger partial charge in [-0.3, -0.25) is 0 Å². The molecule has 0 aromatic heterocycles. The van der Waals surface area contributed by atoms with Gasteiger partial charge in [0.1, 0.15) is 0 Å². The maximum absolute atomic E-state index is 9.06. The zero-order valence-corrected chi connectivity index (χ0v) is 7.35. The number of aliphatic hydroxyl groups excluding tert-OH is 1. The van der Waals surface area contributed by atoms with Crippen LogP contribution in [-0.2, 0) is 0 Å². The summed E-state index contributed by atoms with van der Waals surface area (Å²) in [5.74, 6) is 0.910. The number of hydrogen-bond donors (Lipinski definition) is 1. The standard InChI is InChI=1S/C10H16O/c1-10(2)8-4-3-7(6-11)9(10)5-8/h8,11H,3-6H2,1-2H3. The molecule has 0 spiro atoms. The molecule has 1 N–H and O–H groups in total. The first kappa shape index (κ1) is 7.35. The molecule has 2 bridgehead atoms. The lowest BCUT2D eigenvalue weighted by Gasteiger charge is -2.52. The SMILES string of the molecule is CC1(C)C2=C(CO)CCC1C2. The molecule has 1 unspecified atom stereocenters. The van der Waals surface area contributed by atoms with Crippen molar-refractivity contribution in [2.75, 3.05) is 6.61 Å². The zero-order chi connectivity index (χ0) is 8.06. The Morgan fingerprint density at radius 1 is 1.55 bits per heavy atom. The Balaban J connectivity index is 2.33. The van der Waals surface area contributed by atoms with Gasteiger partial charge in [0.2, 0.25) is 0 Å². The fraction of sp³-hybridized carbons (Fsp3) is 0.800. The normalized spacial score (nSPS) is 33.5. The van der Waals surface area contributed by atoms with E-state index in [0.29, 0.717) is 12.0 Å². The lowest BCUT2D eigenvalue weighted by atomic mass is 9.52. The Hall–Kier alpha value is -0.300. The molecule has 3 rings (SSSR count). The highest BCUT2D eigenvalue weighted by Gasteiger charge is 2.46. The Labute approximate surface area is 68.1 Å². The van der Waals surface area contributed by atoms with Crippen LogP contribution >= 0.6 is 0 Å². The first-order valence-corrected chi connectivity index (χ1v) is 4.48. The van der Waals surface area contributed by atoms with Gasteiger partial charge in [-0.2, -0.15) is 0 Å². The summed E-state index contributed by atoms with van der Waals surface area (Å²) in [7, 11) is 0.